The standard InChI is InChI=1S/C12H18N2O2/c1-8-4-5-11(16-3)10(6-8)12(15)14-9(2)7-13/h4-6,9H,7,13H2,1-3H3,(H,14,15)/t9-/m1/s1. The number of hydrogen-bond donors (Lipinski definition) is 2. The molecule has 4 heteroatoms. The zero-order valence-electron chi connectivity index (χ0n) is 9.91. The Morgan fingerprint density at radius 3 is 2.81 bits per heavy atom. The normalized spacial score (nSPS) is 12.0. The van der Waals surface area contributed by atoms with Gasteiger partial charge in [0, 0.05) is 12.6 Å². The third-order valence-electron chi connectivity index (χ3n) is 2.33. The molecule has 1 aromatic rings. The average molecular weight is 222 g/mol. The summed E-state index contributed by atoms with van der Waals surface area (Å²) in [6.07, 6.45) is 0. The van der Waals surface area contributed by atoms with Crippen LogP contribution in [-0.4, -0.2) is 25.6 Å². The van der Waals surface area contributed by atoms with Crippen LogP contribution >= 0.6 is 0 Å². The highest BCUT2D eigenvalue weighted by atomic mass is 16.5. The quantitative estimate of drug-likeness (QED) is 0.801. The molecule has 0 bridgehead atoms. The largest absolute Gasteiger partial charge is 0.496 e. The van der Waals surface area contributed by atoms with Crippen molar-refractivity contribution in [1.82, 2.24) is 5.32 Å². The van der Waals surface area contributed by atoms with Crippen LogP contribution in [0.1, 0.15) is 22.8 Å². The smallest absolute Gasteiger partial charge is 0.255 e. The number of nitrogens with two attached hydrogens (primary N) is 1. The van der Waals surface area contributed by atoms with Gasteiger partial charge >= 0.3 is 0 Å². The fraction of sp³-hybridized carbons (Fsp3) is 0.417. The average Bonchev–Trinajstić information content (AvgIpc) is 2.28. The van der Waals surface area contributed by atoms with Gasteiger partial charge in [-0.2, -0.15) is 0 Å². The minimum absolute atomic E-state index is 0.0438. The number of ether oxygens (including phenoxy) is 1. The molecule has 0 radical (unpaired) electrons. The molecule has 0 fully saturated rings. The zero-order valence-corrected chi connectivity index (χ0v) is 9.91. The summed E-state index contributed by atoms with van der Waals surface area (Å²) < 4.78 is 5.14. The number of amides is 1. The molecule has 0 spiro atoms. The van der Waals surface area contributed by atoms with Gasteiger partial charge in [0.1, 0.15) is 5.75 Å². The number of carbonyl (C=O) groups is 1. The molecule has 1 amide bonds. The highest BCUT2D eigenvalue weighted by Gasteiger charge is 2.13. The molecule has 1 aromatic carbocycles. The van der Waals surface area contributed by atoms with Crippen LogP contribution in [0.15, 0.2) is 18.2 Å². The van der Waals surface area contributed by atoms with Gasteiger partial charge < -0.3 is 15.8 Å². The summed E-state index contributed by atoms with van der Waals surface area (Å²) >= 11 is 0. The lowest BCUT2D eigenvalue weighted by Crippen LogP contribution is -2.37. The number of benzene rings is 1. The van der Waals surface area contributed by atoms with Crippen molar-refractivity contribution in [2.75, 3.05) is 13.7 Å². The Morgan fingerprint density at radius 1 is 1.56 bits per heavy atom. The SMILES string of the molecule is COc1ccc(C)cc1C(=O)N[C@H](C)CN. The molecular weight excluding hydrogens is 204 g/mol. The molecule has 0 heterocycles. The summed E-state index contributed by atoms with van der Waals surface area (Å²) in [4.78, 5) is 11.9. The van der Waals surface area contributed by atoms with Crippen LogP contribution in [0.3, 0.4) is 0 Å². The molecule has 0 aliphatic rings. The van der Waals surface area contributed by atoms with Crippen molar-refractivity contribution in [2.24, 2.45) is 5.73 Å². The first-order valence-corrected chi connectivity index (χ1v) is 5.24. The fourth-order valence-corrected chi connectivity index (χ4v) is 1.36. The zero-order chi connectivity index (χ0) is 12.1. The molecule has 88 valence electrons. The number of carbonyl (C=O) groups excluding carboxylic acids is 1. The van der Waals surface area contributed by atoms with Crippen LogP contribution in [0.4, 0.5) is 0 Å². The number of aryl methyl sites for hydroxylation is 1. The Hall–Kier alpha value is -1.55. The Kier molecular flexibility index (Phi) is 4.31. The van der Waals surface area contributed by atoms with Crippen LogP contribution in [0.25, 0.3) is 0 Å². The number of methoxy groups -OCH3 is 1. The second kappa shape index (κ2) is 5.51. The van der Waals surface area contributed by atoms with E-state index >= 15 is 0 Å². The first-order chi connectivity index (χ1) is 7.58. The summed E-state index contributed by atoms with van der Waals surface area (Å²) in [7, 11) is 1.55. The molecule has 4 nitrogen and oxygen atoms in total. The lowest BCUT2D eigenvalue weighted by atomic mass is 10.1. The van der Waals surface area contributed by atoms with Crippen LogP contribution in [0, 0.1) is 6.92 Å². The molecule has 1 rings (SSSR count). The van der Waals surface area contributed by atoms with E-state index < -0.39 is 0 Å². The Bertz CT molecular complexity index is 377. The van der Waals surface area contributed by atoms with Crippen molar-refractivity contribution in [2.45, 2.75) is 19.9 Å². The van der Waals surface area contributed by atoms with Crippen molar-refractivity contribution < 1.29 is 9.53 Å². The third kappa shape index (κ3) is 2.97. The number of hydrogen-bond acceptors (Lipinski definition) is 3. The molecule has 0 saturated heterocycles. The molecule has 16 heavy (non-hydrogen) atoms. The van der Waals surface area contributed by atoms with Gasteiger partial charge in [-0.3, -0.25) is 4.79 Å². The van der Waals surface area contributed by atoms with E-state index in [1.807, 2.05) is 19.9 Å². The fourth-order valence-electron chi connectivity index (χ4n) is 1.36. The Labute approximate surface area is 95.8 Å². The second-order valence-electron chi connectivity index (χ2n) is 3.81. The molecule has 0 aliphatic heterocycles. The van der Waals surface area contributed by atoms with E-state index in [1.165, 1.54) is 0 Å². The second-order valence-corrected chi connectivity index (χ2v) is 3.81. The van der Waals surface area contributed by atoms with Crippen molar-refractivity contribution >= 4 is 5.91 Å². The molecule has 0 aromatic heterocycles. The topological polar surface area (TPSA) is 64.3 Å². The summed E-state index contributed by atoms with van der Waals surface area (Å²) in [5.41, 5.74) is 7.02. The van der Waals surface area contributed by atoms with E-state index in [2.05, 4.69) is 5.32 Å². The molecule has 1 atom stereocenters. The van der Waals surface area contributed by atoms with Gasteiger partial charge in [0.05, 0.1) is 12.7 Å². The highest BCUT2D eigenvalue weighted by Crippen LogP contribution is 2.19. The predicted octanol–water partition coefficient (Wildman–Crippen LogP) is 1.08. The number of nitrogens with one attached hydrogen (secondary N) is 1. The minimum atomic E-state index is -0.154. The first kappa shape index (κ1) is 12.5. The van der Waals surface area contributed by atoms with E-state index in [9.17, 15) is 4.79 Å². The van der Waals surface area contributed by atoms with Gasteiger partial charge in [0.2, 0.25) is 0 Å². The van der Waals surface area contributed by atoms with E-state index in [-0.39, 0.29) is 11.9 Å². The van der Waals surface area contributed by atoms with Crippen molar-refractivity contribution in [3.8, 4) is 5.75 Å². The molecular formula is C12H18N2O2. The molecule has 0 saturated carbocycles. The summed E-state index contributed by atoms with van der Waals surface area (Å²) in [6.45, 7) is 4.21. The Balaban J connectivity index is 2.93. The van der Waals surface area contributed by atoms with Gasteiger partial charge in [-0.15, -0.1) is 0 Å². The van der Waals surface area contributed by atoms with E-state index in [0.717, 1.165) is 5.56 Å². The number of rotatable bonds is 4. The van der Waals surface area contributed by atoms with Gasteiger partial charge in [0.25, 0.3) is 5.91 Å². The molecule has 3 N–H and O–H groups in total. The molecule has 0 unspecified atom stereocenters. The van der Waals surface area contributed by atoms with Crippen LogP contribution < -0.4 is 15.8 Å². The first-order valence-electron chi connectivity index (χ1n) is 5.24. The van der Waals surface area contributed by atoms with Crippen molar-refractivity contribution in [3.63, 3.8) is 0 Å². The van der Waals surface area contributed by atoms with Crippen LogP contribution in [0.5, 0.6) is 5.75 Å². The van der Waals surface area contributed by atoms with E-state index in [1.54, 1.807) is 19.2 Å². The summed E-state index contributed by atoms with van der Waals surface area (Å²) in [6, 6.07) is 5.45. The maximum atomic E-state index is 11.9. The van der Waals surface area contributed by atoms with E-state index in [0.29, 0.717) is 17.9 Å². The lowest BCUT2D eigenvalue weighted by molar-refractivity contribution is 0.0938. The highest BCUT2D eigenvalue weighted by molar-refractivity contribution is 5.97. The van der Waals surface area contributed by atoms with Gasteiger partial charge in [0.15, 0.2) is 0 Å². The molecule has 0 aliphatic carbocycles. The minimum Gasteiger partial charge on any atom is -0.496 e. The monoisotopic (exact) mass is 222 g/mol. The van der Waals surface area contributed by atoms with Crippen LogP contribution in [-0.2, 0) is 0 Å². The lowest BCUT2D eigenvalue weighted by Gasteiger charge is -2.13. The Morgan fingerprint density at radius 2 is 2.25 bits per heavy atom. The van der Waals surface area contributed by atoms with Crippen molar-refractivity contribution in [3.05, 3.63) is 29.3 Å². The maximum absolute atomic E-state index is 11.9. The third-order valence-corrected chi connectivity index (χ3v) is 2.33. The predicted molar refractivity (Wildman–Crippen MR) is 63.7 cm³/mol. The van der Waals surface area contributed by atoms with Crippen LogP contribution in [0.2, 0.25) is 0 Å². The van der Waals surface area contributed by atoms with Gasteiger partial charge in [-0.25, -0.2) is 0 Å². The summed E-state index contributed by atoms with van der Waals surface area (Å²) in [5, 5.41) is 2.80. The van der Waals surface area contributed by atoms with Crippen molar-refractivity contribution in [1.29, 1.82) is 0 Å². The van der Waals surface area contributed by atoms with Gasteiger partial charge in [-0.05, 0) is 26.0 Å². The maximum Gasteiger partial charge on any atom is 0.255 e. The van der Waals surface area contributed by atoms with E-state index in [4.69, 9.17) is 10.5 Å². The van der Waals surface area contributed by atoms with Gasteiger partial charge in [-0.1, -0.05) is 11.6 Å². The summed E-state index contributed by atoms with van der Waals surface area (Å²) in [5.74, 6) is 0.422.